The van der Waals surface area contributed by atoms with Crippen molar-refractivity contribution in [1.82, 2.24) is 19.8 Å². The third-order valence-electron chi connectivity index (χ3n) is 6.98. The van der Waals surface area contributed by atoms with E-state index in [2.05, 4.69) is 60.4 Å². The number of aromatic nitrogens is 2. The second-order valence-electron chi connectivity index (χ2n) is 10.0. The van der Waals surface area contributed by atoms with Gasteiger partial charge < -0.3 is 34.7 Å². The summed E-state index contributed by atoms with van der Waals surface area (Å²) in [5.74, 6) is 0.990. The molecule has 1 amide bonds. The highest BCUT2D eigenvalue weighted by Gasteiger charge is 2.16. The van der Waals surface area contributed by atoms with E-state index in [9.17, 15) is 9.90 Å². The quantitative estimate of drug-likeness (QED) is 0.289. The molecule has 2 aromatic carbocycles. The number of ether oxygens (including phenoxy) is 1. The van der Waals surface area contributed by atoms with Gasteiger partial charge in [0.2, 0.25) is 0 Å². The van der Waals surface area contributed by atoms with Gasteiger partial charge in [-0.05, 0) is 81.5 Å². The zero-order valence-corrected chi connectivity index (χ0v) is 24.9. The first-order valence-electron chi connectivity index (χ1n) is 13.9. The van der Waals surface area contributed by atoms with Crippen molar-refractivity contribution < 1.29 is 19.4 Å². The molecule has 10 nitrogen and oxygen atoms in total. The van der Waals surface area contributed by atoms with Crippen molar-refractivity contribution in [3.63, 3.8) is 0 Å². The molecular weight excluding hydrogens is 532 g/mol. The number of piperidine rings is 1. The second-order valence-corrected chi connectivity index (χ2v) is 10.0. The number of carbonyl (C=O) groups is 2. The molecule has 3 heterocycles. The van der Waals surface area contributed by atoms with Crippen LogP contribution in [0.3, 0.4) is 0 Å². The van der Waals surface area contributed by atoms with Crippen LogP contribution in [0.15, 0.2) is 73.1 Å². The van der Waals surface area contributed by atoms with Crippen LogP contribution in [0.2, 0.25) is 0 Å². The molecule has 0 spiro atoms. The summed E-state index contributed by atoms with van der Waals surface area (Å²) in [5.41, 5.74) is 3.69. The molecule has 1 aliphatic heterocycles. The number of aliphatic hydroxyl groups is 1. The summed E-state index contributed by atoms with van der Waals surface area (Å²) in [6, 6.07) is 19.4. The van der Waals surface area contributed by atoms with Crippen LogP contribution in [0, 0.1) is 0 Å². The topological polar surface area (TPSA) is 112 Å². The monoisotopic (exact) mass is 574 g/mol. The summed E-state index contributed by atoms with van der Waals surface area (Å²) in [7, 11) is 7.78. The van der Waals surface area contributed by atoms with E-state index in [0.29, 0.717) is 18.0 Å². The highest BCUT2D eigenvalue weighted by atomic mass is 16.5. The molecule has 1 saturated heterocycles. The highest BCUT2D eigenvalue weighted by Crippen LogP contribution is 2.28. The van der Waals surface area contributed by atoms with Crippen LogP contribution in [0.5, 0.6) is 5.75 Å². The largest absolute Gasteiger partial charge is 0.492 e. The average molecular weight is 575 g/mol. The lowest BCUT2D eigenvalue weighted by Crippen LogP contribution is -2.38. The Labute approximate surface area is 247 Å². The fourth-order valence-electron chi connectivity index (χ4n) is 4.65. The molecule has 0 bridgehead atoms. The number of amides is 1. The Kier molecular flexibility index (Phi) is 12.5. The maximum absolute atomic E-state index is 12.8. The predicted molar refractivity (Wildman–Crippen MR) is 169 cm³/mol. The zero-order valence-electron chi connectivity index (χ0n) is 24.9. The number of benzene rings is 2. The molecule has 2 aromatic heterocycles. The Morgan fingerprint density at radius 3 is 2.40 bits per heavy atom. The molecule has 3 N–H and O–H groups in total. The highest BCUT2D eigenvalue weighted by molar-refractivity contribution is 6.04. The van der Waals surface area contributed by atoms with Gasteiger partial charge in [0.25, 0.3) is 5.91 Å². The van der Waals surface area contributed by atoms with Gasteiger partial charge in [0, 0.05) is 80.0 Å². The number of hydrogen-bond donors (Lipinski definition) is 3. The van der Waals surface area contributed by atoms with Crippen molar-refractivity contribution in [3.8, 4) is 5.75 Å². The van der Waals surface area contributed by atoms with Crippen molar-refractivity contribution in [1.29, 1.82) is 0 Å². The molecular formula is C32H42N6O4. The summed E-state index contributed by atoms with van der Waals surface area (Å²) >= 11 is 0. The normalized spacial score (nSPS) is 13.4. The summed E-state index contributed by atoms with van der Waals surface area (Å²) in [6.45, 7) is 5.20. The van der Waals surface area contributed by atoms with E-state index >= 15 is 0 Å². The molecule has 0 atom stereocenters. The van der Waals surface area contributed by atoms with Gasteiger partial charge >= 0.3 is 0 Å². The Bertz CT molecular complexity index is 1400. The van der Waals surface area contributed by atoms with Crippen molar-refractivity contribution >= 4 is 40.8 Å². The molecule has 0 saturated carbocycles. The number of rotatable bonds is 8. The van der Waals surface area contributed by atoms with Gasteiger partial charge in [0.05, 0.1) is 6.10 Å². The van der Waals surface area contributed by atoms with Crippen LogP contribution in [0.25, 0.3) is 10.9 Å². The molecule has 1 aliphatic rings. The van der Waals surface area contributed by atoms with E-state index in [1.807, 2.05) is 59.2 Å². The molecule has 4 aromatic rings. The Morgan fingerprint density at radius 2 is 1.71 bits per heavy atom. The molecule has 1 fully saturated rings. The van der Waals surface area contributed by atoms with Crippen LogP contribution in [0.4, 0.5) is 17.2 Å². The third kappa shape index (κ3) is 8.87. The number of aryl methyl sites for hydroxylation is 1. The first-order chi connectivity index (χ1) is 20.4. The number of hydrogen-bond acceptors (Lipinski definition) is 8. The Hall–Kier alpha value is -4.25. The number of fused-ring (bicyclic) bond motifs is 1. The van der Waals surface area contributed by atoms with Crippen LogP contribution in [-0.2, 0) is 11.8 Å². The van der Waals surface area contributed by atoms with E-state index < -0.39 is 0 Å². The van der Waals surface area contributed by atoms with Crippen molar-refractivity contribution in [2.75, 3.05) is 57.6 Å². The Balaban J connectivity index is 0.000000910. The van der Waals surface area contributed by atoms with Gasteiger partial charge in [-0.15, -0.1) is 0 Å². The number of nitrogens with one attached hydrogen (secondary N) is 2. The van der Waals surface area contributed by atoms with Crippen LogP contribution in [0.1, 0.15) is 23.2 Å². The van der Waals surface area contributed by atoms with E-state index in [-0.39, 0.29) is 12.0 Å². The number of carbonyl (C=O) groups excluding carboxylic acids is 2. The van der Waals surface area contributed by atoms with Gasteiger partial charge in [-0.3, -0.25) is 9.69 Å². The summed E-state index contributed by atoms with van der Waals surface area (Å²) < 4.78 is 7.94. The SMILES string of the molecule is C=O.CN(c1ccnc(NC(=O)c2ccc(OCCN3CCC(O)CC3)cc2)c1)c1ccc2c(ccn2C)c1.CNC. The van der Waals surface area contributed by atoms with Gasteiger partial charge in [0.15, 0.2) is 0 Å². The minimum atomic E-state index is -0.226. The first kappa shape index (κ1) is 32.3. The van der Waals surface area contributed by atoms with Crippen molar-refractivity contribution in [2.24, 2.45) is 7.05 Å². The fourth-order valence-corrected chi connectivity index (χ4v) is 4.65. The molecule has 10 heteroatoms. The number of likely N-dealkylation sites (tertiary alicyclic amines) is 1. The summed E-state index contributed by atoms with van der Waals surface area (Å²) in [5, 5.41) is 16.4. The van der Waals surface area contributed by atoms with Crippen molar-refractivity contribution in [3.05, 3.63) is 78.6 Å². The molecule has 0 unspecified atom stereocenters. The average Bonchev–Trinajstić information content (AvgIpc) is 3.39. The molecule has 0 aliphatic carbocycles. The van der Waals surface area contributed by atoms with Crippen LogP contribution >= 0.6 is 0 Å². The lowest BCUT2D eigenvalue weighted by Gasteiger charge is -2.29. The third-order valence-corrected chi connectivity index (χ3v) is 6.98. The standard InChI is InChI=1S/C29H33N5O3.C2H7N.CH2O/c1-32-14-10-22-19-23(5-8-27(22)32)33(2)24-9-13-30-28(20-24)31-29(36)21-3-6-26(7-4-21)37-18-17-34-15-11-25(35)12-16-34;1-3-2;1-2/h3-10,13-14,19-20,25,35H,11-12,15-18H2,1-2H3,(H,30,31,36);3H,1-2H3;1H2. The van der Waals surface area contributed by atoms with Crippen molar-refractivity contribution in [2.45, 2.75) is 18.9 Å². The number of nitrogens with zero attached hydrogens (tertiary/aromatic N) is 4. The lowest BCUT2D eigenvalue weighted by atomic mass is 10.1. The van der Waals surface area contributed by atoms with Crippen LogP contribution in [-0.4, -0.2) is 85.7 Å². The molecule has 42 heavy (non-hydrogen) atoms. The smallest absolute Gasteiger partial charge is 0.256 e. The minimum absolute atomic E-state index is 0.168. The Morgan fingerprint density at radius 1 is 1.05 bits per heavy atom. The fraction of sp³-hybridized carbons (Fsp3) is 0.344. The van der Waals surface area contributed by atoms with E-state index in [1.54, 1.807) is 18.3 Å². The van der Waals surface area contributed by atoms with E-state index in [0.717, 1.165) is 49.6 Å². The minimum Gasteiger partial charge on any atom is -0.492 e. The summed E-state index contributed by atoms with van der Waals surface area (Å²) in [6.07, 6.45) is 5.22. The number of aliphatic hydroxyl groups excluding tert-OH is 1. The second kappa shape index (κ2) is 16.3. The molecule has 5 rings (SSSR count). The van der Waals surface area contributed by atoms with E-state index in [1.165, 1.54) is 10.9 Å². The van der Waals surface area contributed by atoms with Gasteiger partial charge in [-0.25, -0.2) is 4.98 Å². The summed E-state index contributed by atoms with van der Waals surface area (Å²) in [4.78, 5) is 29.5. The van der Waals surface area contributed by atoms with Gasteiger partial charge in [0.1, 0.15) is 25.0 Å². The van der Waals surface area contributed by atoms with Crippen LogP contribution < -0.4 is 20.3 Å². The number of anilines is 3. The lowest BCUT2D eigenvalue weighted by molar-refractivity contribution is -0.0980. The maximum atomic E-state index is 12.8. The van der Waals surface area contributed by atoms with Gasteiger partial charge in [-0.2, -0.15) is 0 Å². The zero-order chi connectivity index (χ0) is 30.5. The van der Waals surface area contributed by atoms with E-state index in [4.69, 9.17) is 9.53 Å². The predicted octanol–water partition coefficient (Wildman–Crippen LogP) is 4.08. The maximum Gasteiger partial charge on any atom is 0.256 e. The first-order valence-corrected chi connectivity index (χ1v) is 13.9. The molecule has 0 radical (unpaired) electrons. The van der Waals surface area contributed by atoms with Gasteiger partial charge in [-0.1, -0.05) is 0 Å². The number of pyridine rings is 1. The molecule has 224 valence electrons.